The number of aliphatic imine (C=N–C) groups is 1. The molecule has 0 atom stereocenters. The van der Waals surface area contributed by atoms with Gasteiger partial charge < -0.3 is 14.6 Å². The van der Waals surface area contributed by atoms with Crippen molar-refractivity contribution in [2.45, 2.75) is 52.1 Å². The maximum Gasteiger partial charge on any atom is 0.277 e. The Labute approximate surface area is 191 Å². The fourth-order valence-corrected chi connectivity index (χ4v) is 5.74. The topological polar surface area (TPSA) is 74.9 Å². The summed E-state index contributed by atoms with van der Waals surface area (Å²) in [6.07, 6.45) is 5.57. The highest BCUT2D eigenvalue weighted by Gasteiger charge is 2.36. The van der Waals surface area contributed by atoms with E-state index in [0.29, 0.717) is 28.6 Å². The van der Waals surface area contributed by atoms with Gasteiger partial charge in [-0.15, -0.1) is 11.3 Å². The van der Waals surface area contributed by atoms with Crippen LogP contribution in [0.25, 0.3) is 0 Å². The van der Waals surface area contributed by atoms with Gasteiger partial charge in [0.2, 0.25) is 0 Å². The molecule has 2 aliphatic rings. The number of anilines is 1. The highest BCUT2D eigenvalue weighted by molar-refractivity contribution is 7.16. The summed E-state index contributed by atoms with van der Waals surface area (Å²) in [7, 11) is 0. The summed E-state index contributed by atoms with van der Waals surface area (Å²) in [6.45, 7) is 4.30. The molecule has 1 aliphatic carbocycles. The van der Waals surface area contributed by atoms with E-state index >= 15 is 0 Å². The lowest BCUT2D eigenvalue weighted by atomic mass is 9.95. The van der Waals surface area contributed by atoms with Gasteiger partial charge in [0.1, 0.15) is 16.5 Å². The van der Waals surface area contributed by atoms with Crippen LogP contribution < -0.4 is 10.2 Å². The molecule has 0 bridgehead atoms. The molecule has 0 fully saturated rings. The van der Waals surface area contributed by atoms with Gasteiger partial charge in [-0.05, 0) is 63.3 Å². The summed E-state index contributed by atoms with van der Waals surface area (Å²) in [5, 5.41) is 3.59. The van der Waals surface area contributed by atoms with Crippen LogP contribution in [0, 0.1) is 0 Å². The Morgan fingerprint density at radius 1 is 1.19 bits per heavy atom. The lowest BCUT2D eigenvalue weighted by Crippen LogP contribution is -2.35. The average molecular weight is 448 g/mol. The Balaban J connectivity index is 1.56. The molecule has 2 aromatic heterocycles. The third kappa shape index (κ3) is 3.56. The fraction of sp³-hybridized carbons (Fsp3) is 0.320. The average Bonchev–Trinajstić information content (AvgIpc) is 3.49. The van der Waals surface area contributed by atoms with Crippen LogP contribution in [0.3, 0.4) is 0 Å². The molecule has 2 amide bonds. The number of benzene rings is 1. The number of hydrogen-bond acceptors (Lipinski definition) is 5. The van der Waals surface area contributed by atoms with E-state index in [1.807, 2.05) is 44.2 Å². The van der Waals surface area contributed by atoms with E-state index in [2.05, 4.69) is 5.32 Å². The third-order valence-electron chi connectivity index (χ3n) is 5.95. The molecule has 1 aromatic carbocycles. The highest BCUT2D eigenvalue weighted by Crippen LogP contribution is 2.41. The summed E-state index contributed by atoms with van der Waals surface area (Å²) < 4.78 is 5.35. The zero-order valence-electron chi connectivity index (χ0n) is 18.2. The molecule has 0 radical (unpaired) electrons. The van der Waals surface area contributed by atoms with Gasteiger partial charge in [0.15, 0.2) is 0 Å². The second kappa shape index (κ2) is 8.39. The quantitative estimate of drug-likeness (QED) is 0.596. The normalized spacial score (nSPS) is 16.5. The lowest BCUT2D eigenvalue weighted by Gasteiger charge is -2.20. The lowest BCUT2D eigenvalue weighted by molar-refractivity contribution is -0.112. The molecule has 1 aliphatic heterocycles. The standard InChI is InChI=1S/C25H25N3O3S/c1-15(2)28-19-11-5-3-9-17(19)22(25(28)30)27-24-21(18-10-4-6-12-20(18)32-24)23(29)26-14-16-8-7-13-31-16/h3,5,7-9,11,13,15H,4,6,10,12,14H2,1-2H3,(H,26,29)/b27-22+. The highest BCUT2D eigenvalue weighted by atomic mass is 32.1. The van der Waals surface area contributed by atoms with Crippen LogP contribution in [0.5, 0.6) is 0 Å². The second-order valence-electron chi connectivity index (χ2n) is 8.40. The van der Waals surface area contributed by atoms with Crippen LogP contribution in [-0.2, 0) is 24.2 Å². The first-order valence-corrected chi connectivity index (χ1v) is 11.8. The Hall–Kier alpha value is -3.19. The monoisotopic (exact) mass is 447 g/mol. The van der Waals surface area contributed by atoms with Gasteiger partial charge in [-0.1, -0.05) is 18.2 Å². The summed E-state index contributed by atoms with van der Waals surface area (Å²) in [5.41, 5.74) is 3.79. The molecule has 0 saturated carbocycles. The number of fused-ring (bicyclic) bond motifs is 2. The molecule has 1 N–H and O–H groups in total. The number of carbonyl (C=O) groups is 2. The van der Waals surface area contributed by atoms with Gasteiger partial charge in [0.05, 0.1) is 24.1 Å². The molecule has 3 heterocycles. The number of furan rings is 1. The van der Waals surface area contributed by atoms with Crippen LogP contribution in [0.4, 0.5) is 10.7 Å². The van der Waals surface area contributed by atoms with Crippen molar-refractivity contribution in [3.05, 3.63) is 70.0 Å². The first-order chi connectivity index (χ1) is 15.5. The molecule has 0 spiro atoms. The van der Waals surface area contributed by atoms with Crippen molar-refractivity contribution in [2.24, 2.45) is 4.99 Å². The Bertz CT molecular complexity index is 1210. The number of amides is 2. The third-order valence-corrected chi connectivity index (χ3v) is 7.14. The van der Waals surface area contributed by atoms with Crippen LogP contribution >= 0.6 is 11.3 Å². The minimum atomic E-state index is -0.167. The second-order valence-corrected chi connectivity index (χ2v) is 9.48. The molecule has 32 heavy (non-hydrogen) atoms. The van der Waals surface area contributed by atoms with Crippen molar-refractivity contribution in [1.29, 1.82) is 0 Å². The Morgan fingerprint density at radius 3 is 2.78 bits per heavy atom. The summed E-state index contributed by atoms with van der Waals surface area (Å²) >= 11 is 1.54. The largest absolute Gasteiger partial charge is 0.467 e. The van der Waals surface area contributed by atoms with Crippen LogP contribution in [-0.4, -0.2) is 23.6 Å². The van der Waals surface area contributed by atoms with Gasteiger partial charge in [-0.25, -0.2) is 4.99 Å². The van der Waals surface area contributed by atoms with Crippen molar-refractivity contribution >= 4 is 39.6 Å². The Morgan fingerprint density at radius 2 is 2.00 bits per heavy atom. The Kier molecular flexibility index (Phi) is 5.43. The molecule has 5 rings (SSSR count). The number of rotatable bonds is 5. The molecular formula is C25H25N3O3S. The number of aryl methyl sites for hydroxylation is 1. The minimum absolute atomic E-state index is 0.0176. The fourth-order valence-electron chi connectivity index (χ4n) is 4.48. The molecule has 6 nitrogen and oxygen atoms in total. The van der Waals surface area contributed by atoms with Gasteiger partial charge >= 0.3 is 0 Å². The first-order valence-electron chi connectivity index (χ1n) is 11.0. The van der Waals surface area contributed by atoms with E-state index < -0.39 is 0 Å². The van der Waals surface area contributed by atoms with Crippen molar-refractivity contribution in [1.82, 2.24) is 5.32 Å². The van der Waals surface area contributed by atoms with Crippen LogP contribution in [0.15, 0.2) is 52.1 Å². The number of nitrogens with zero attached hydrogens (tertiary/aromatic N) is 2. The smallest absolute Gasteiger partial charge is 0.277 e. The van der Waals surface area contributed by atoms with Crippen molar-refractivity contribution in [3.8, 4) is 0 Å². The number of thiophene rings is 1. The van der Waals surface area contributed by atoms with E-state index in [1.165, 1.54) is 4.88 Å². The predicted octanol–water partition coefficient (Wildman–Crippen LogP) is 5.03. The van der Waals surface area contributed by atoms with Gasteiger partial charge in [-0.2, -0.15) is 0 Å². The maximum absolute atomic E-state index is 13.3. The maximum atomic E-state index is 13.3. The zero-order valence-corrected chi connectivity index (χ0v) is 19.0. The van der Waals surface area contributed by atoms with E-state index in [9.17, 15) is 9.59 Å². The summed E-state index contributed by atoms with van der Waals surface area (Å²) in [6, 6.07) is 11.4. The zero-order chi connectivity index (χ0) is 22.2. The minimum Gasteiger partial charge on any atom is -0.467 e. The van der Waals surface area contributed by atoms with Crippen LogP contribution in [0.1, 0.15) is 58.8 Å². The van der Waals surface area contributed by atoms with E-state index in [1.54, 1.807) is 28.6 Å². The van der Waals surface area contributed by atoms with Gasteiger partial charge in [-0.3, -0.25) is 9.59 Å². The molecule has 164 valence electrons. The van der Waals surface area contributed by atoms with E-state index in [-0.39, 0.29) is 17.9 Å². The van der Waals surface area contributed by atoms with Gasteiger partial charge in [0.25, 0.3) is 11.8 Å². The number of carbonyl (C=O) groups excluding carboxylic acids is 2. The number of para-hydroxylation sites is 1. The van der Waals surface area contributed by atoms with Crippen molar-refractivity contribution in [2.75, 3.05) is 4.90 Å². The predicted molar refractivity (Wildman–Crippen MR) is 126 cm³/mol. The van der Waals surface area contributed by atoms with Crippen molar-refractivity contribution in [3.63, 3.8) is 0 Å². The van der Waals surface area contributed by atoms with Crippen molar-refractivity contribution < 1.29 is 14.0 Å². The summed E-state index contributed by atoms with van der Waals surface area (Å²) in [5.74, 6) is 0.414. The van der Waals surface area contributed by atoms with E-state index in [0.717, 1.165) is 42.5 Å². The number of nitrogens with one attached hydrogen (secondary N) is 1. The molecular weight excluding hydrogens is 422 g/mol. The van der Waals surface area contributed by atoms with Gasteiger partial charge in [0, 0.05) is 16.5 Å². The SMILES string of the molecule is CC(C)N1C(=O)/C(=N/c2sc3c(c2C(=O)NCc2ccco2)CCCC3)c2ccccc21. The number of hydrogen-bond donors (Lipinski definition) is 1. The molecule has 3 aromatic rings. The molecule has 0 unspecified atom stereocenters. The molecule has 7 heteroatoms. The van der Waals surface area contributed by atoms with E-state index in [4.69, 9.17) is 9.41 Å². The first kappa shape index (κ1) is 20.7. The van der Waals surface area contributed by atoms with Crippen LogP contribution in [0.2, 0.25) is 0 Å². The summed E-state index contributed by atoms with van der Waals surface area (Å²) in [4.78, 5) is 34.4. The molecule has 0 saturated heterocycles.